The minimum atomic E-state index is 0.653. The van der Waals surface area contributed by atoms with Crippen LogP contribution in [0.4, 0.5) is 0 Å². The number of aromatic nitrogens is 2. The molecule has 1 N–H and O–H groups in total. The van der Waals surface area contributed by atoms with Crippen LogP contribution >= 0.6 is 0 Å². The molecule has 2 aliphatic rings. The predicted octanol–water partition coefficient (Wildman–Crippen LogP) is 3.32. The van der Waals surface area contributed by atoms with Gasteiger partial charge >= 0.3 is 0 Å². The molecule has 3 heteroatoms. The summed E-state index contributed by atoms with van der Waals surface area (Å²) in [6.07, 6.45) is 12.9. The minimum Gasteiger partial charge on any atom is -0.314 e. The fraction of sp³-hybridized carbons (Fsp3) is 0.812. The van der Waals surface area contributed by atoms with Gasteiger partial charge in [-0.2, -0.15) is 5.10 Å². The average Bonchev–Trinajstić information content (AvgIpc) is 3.19. The second-order valence-corrected chi connectivity index (χ2v) is 6.28. The first-order valence-corrected chi connectivity index (χ1v) is 8.14. The zero-order valence-corrected chi connectivity index (χ0v) is 12.1. The van der Waals surface area contributed by atoms with Crippen molar-refractivity contribution < 1.29 is 0 Å². The van der Waals surface area contributed by atoms with Crippen LogP contribution in [0.15, 0.2) is 12.3 Å². The highest BCUT2D eigenvalue weighted by molar-refractivity contribution is 5.05. The van der Waals surface area contributed by atoms with Gasteiger partial charge in [0.25, 0.3) is 0 Å². The number of rotatable bonds is 6. The second kappa shape index (κ2) is 6.08. The first-order valence-electron chi connectivity index (χ1n) is 8.14. The molecule has 2 saturated carbocycles. The van der Waals surface area contributed by atoms with Crippen molar-refractivity contribution in [1.29, 1.82) is 0 Å². The van der Waals surface area contributed by atoms with Crippen molar-refractivity contribution in [1.82, 2.24) is 15.1 Å². The molecule has 2 fully saturated rings. The number of likely N-dealkylation sites (N-methyl/N-ethyl adjacent to an activating group) is 1. The van der Waals surface area contributed by atoms with Gasteiger partial charge in [0, 0.05) is 18.7 Å². The number of hydrogen-bond donors (Lipinski definition) is 1. The van der Waals surface area contributed by atoms with Gasteiger partial charge < -0.3 is 5.32 Å². The van der Waals surface area contributed by atoms with Crippen LogP contribution in [0.25, 0.3) is 0 Å². The van der Waals surface area contributed by atoms with E-state index >= 15 is 0 Å². The second-order valence-electron chi connectivity index (χ2n) is 6.28. The van der Waals surface area contributed by atoms with Gasteiger partial charge in [-0.25, -0.2) is 0 Å². The van der Waals surface area contributed by atoms with Crippen LogP contribution in [-0.2, 0) is 6.42 Å². The summed E-state index contributed by atoms with van der Waals surface area (Å²) in [6, 6.07) is 3.56. The molecule has 0 amide bonds. The number of nitrogens with zero attached hydrogens (tertiary/aromatic N) is 2. The smallest absolute Gasteiger partial charge is 0.0640 e. The molecule has 1 unspecified atom stereocenters. The molecule has 106 valence electrons. The van der Waals surface area contributed by atoms with E-state index in [2.05, 4.69) is 29.2 Å². The largest absolute Gasteiger partial charge is 0.314 e. The van der Waals surface area contributed by atoms with Crippen LogP contribution in [0.1, 0.15) is 63.6 Å². The Kier molecular flexibility index (Phi) is 4.21. The SMILES string of the molecule is CCNC(Cc1ccn(C2CCCCC2)n1)C1CC1. The van der Waals surface area contributed by atoms with Crippen molar-refractivity contribution in [3.8, 4) is 0 Å². The summed E-state index contributed by atoms with van der Waals surface area (Å²) in [6.45, 7) is 3.28. The number of nitrogens with one attached hydrogen (secondary N) is 1. The molecule has 19 heavy (non-hydrogen) atoms. The van der Waals surface area contributed by atoms with Gasteiger partial charge in [0.1, 0.15) is 0 Å². The summed E-state index contributed by atoms with van der Waals surface area (Å²) in [4.78, 5) is 0. The van der Waals surface area contributed by atoms with Crippen molar-refractivity contribution in [3.63, 3.8) is 0 Å². The lowest BCUT2D eigenvalue weighted by atomic mass is 9.96. The molecule has 0 radical (unpaired) electrons. The van der Waals surface area contributed by atoms with E-state index in [1.54, 1.807) is 0 Å². The molecule has 1 heterocycles. The fourth-order valence-electron chi connectivity index (χ4n) is 3.43. The summed E-state index contributed by atoms with van der Waals surface area (Å²) in [5, 5.41) is 8.48. The molecule has 0 aromatic carbocycles. The van der Waals surface area contributed by atoms with Crippen LogP contribution in [0.3, 0.4) is 0 Å². The Balaban J connectivity index is 1.60. The van der Waals surface area contributed by atoms with Gasteiger partial charge in [-0.05, 0) is 44.2 Å². The standard InChI is InChI=1S/C16H27N3/c1-2-17-16(13-8-9-13)12-14-10-11-19(18-14)15-6-4-3-5-7-15/h10-11,13,15-17H,2-9,12H2,1H3. The molecule has 0 bridgehead atoms. The van der Waals surface area contributed by atoms with E-state index < -0.39 is 0 Å². The highest BCUT2D eigenvalue weighted by Crippen LogP contribution is 2.34. The van der Waals surface area contributed by atoms with E-state index in [0.717, 1.165) is 18.9 Å². The molecule has 1 atom stereocenters. The normalized spacial score (nSPS) is 22.6. The highest BCUT2D eigenvalue weighted by atomic mass is 15.3. The molecule has 3 rings (SSSR count). The lowest BCUT2D eigenvalue weighted by Gasteiger charge is -2.22. The Morgan fingerprint density at radius 1 is 1.26 bits per heavy atom. The maximum Gasteiger partial charge on any atom is 0.0640 e. The van der Waals surface area contributed by atoms with E-state index in [4.69, 9.17) is 5.10 Å². The minimum absolute atomic E-state index is 0.653. The van der Waals surface area contributed by atoms with E-state index in [1.165, 1.54) is 50.6 Å². The van der Waals surface area contributed by atoms with Crippen molar-refractivity contribution in [2.24, 2.45) is 5.92 Å². The van der Waals surface area contributed by atoms with Gasteiger partial charge in [0.2, 0.25) is 0 Å². The average molecular weight is 261 g/mol. The van der Waals surface area contributed by atoms with Crippen molar-refractivity contribution in [2.45, 2.75) is 70.4 Å². The Morgan fingerprint density at radius 3 is 2.74 bits per heavy atom. The molecule has 3 nitrogen and oxygen atoms in total. The summed E-state index contributed by atoms with van der Waals surface area (Å²) in [7, 11) is 0. The first kappa shape index (κ1) is 13.2. The monoisotopic (exact) mass is 261 g/mol. The fourth-order valence-corrected chi connectivity index (χ4v) is 3.43. The third kappa shape index (κ3) is 3.38. The first-order chi connectivity index (χ1) is 9.36. The molecular formula is C16H27N3. The molecule has 0 saturated heterocycles. The maximum absolute atomic E-state index is 4.84. The van der Waals surface area contributed by atoms with E-state index in [9.17, 15) is 0 Å². The molecule has 0 spiro atoms. The van der Waals surface area contributed by atoms with Crippen molar-refractivity contribution in [3.05, 3.63) is 18.0 Å². The third-order valence-corrected chi connectivity index (χ3v) is 4.70. The van der Waals surface area contributed by atoms with Gasteiger partial charge in [-0.1, -0.05) is 26.2 Å². The topological polar surface area (TPSA) is 29.9 Å². The predicted molar refractivity (Wildman–Crippen MR) is 78.2 cm³/mol. The lowest BCUT2D eigenvalue weighted by molar-refractivity contribution is 0.327. The van der Waals surface area contributed by atoms with E-state index in [1.807, 2.05) is 0 Å². The van der Waals surface area contributed by atoms with Crippen LogP contribution in [-0.4, -0.2) is 22.4 Å². The number of hydrogen-bond acceptors (Lipinski definition) is 2. The summed E-state index contributed by atoms with van der Waals surface area (Å²) in [5.41, 5.74) is 1.28. The Morgan fingerprint density at radius 2 is 2.05 bits per heavy atom. The quantitative estimate of drug-likeness (QED) is 0.851. The van der Waals surface area contributed by atoms with Gasteiger partial charge in [-0.3, -0.25) is 4.68 Å². The third-order valence-electron chi connectivity index (χ3n) is 4.70. The Labute approximate surface area is 116 Å². The molecule has 0 aliphatic heterocycles. The van der Waals surface area contributed by atoms with Gasteiger partial charge in [-0.15, -0.1) is 0 Å². The molecule has 1 aromatic heterocycles. The van der Waals surface area contributed by atoms with Gasteiger partial charge in [0.15, 0.2) is 0 Å². The summed E-state index contributed by atoms with van der Waals surface area (Å²) < 4.78 is 2.24. The van der Waals surface area contributed by atoms with Gasteiger partial charge in [0.05, 0.1) is 11.7 Å². The van der Waals surface area contributed by atoms with Crippen LogP contribution in [0, 0.1) is 5.92 Å². The Bertz CT molecular complexity index is 388. The Hall–Kier alpha value is -0.830. The molecule has 2 aliphatic carbocycles. The van der Waals surface area contributed by atoms with E-state index in [0.29, 0.717) is 12.1 Å². The van der Waals surface area contributed by atoms with E-state index in [-0.39, 0.29) is 0 Å². The summed E-state index contributed by atoms with van der Waals surface area (Å²) >= 11 is 0. The zero-order chi connectivity index (χ0) is 13.1. The lowest BCUT2D eigenvalue weighted by Crippen LogP contribution is -2.33. The van der Waals surface area contributed by atoms with Crippen molar-refractivity contribution >= 4 is 0 Å². The van der Waals surface area contributed by atoms with Crippen molar-refractivity contribution in [2.75, 3.05) is 6.54 Å². The van der Waals surface area contributed by atoms with Crippen LogP contribution < -0.4 is 5.32 Å². The zero-order valence-electron chi connectivity index (χ0n) is 12.1. The highest BCUT2D eigenvalue weighted by Gasteiger charge is 2.31. The molecular weight excluding hydrogens is 234 g/mol. The van der Waals surface area contributed by atoms with Crippen LogP contribution in [0.2, 0.25) is 0 Å². The summed E-state index contributed by atoms with van der Waals surface area (Å²) in [5.74, 6) is 0.903. The maximum atomic E-state index is 4.84. The van der Waals surface area contributed by atoms with Crippen LogP contribution in [0.5, 0.6) is 0 Å². The molecule has 1 aromatic rings.